The summed E-state index contributed by atoms with van der Waals surface area (Å²) >= 11 is 0. The molecule has 4 fully saturated rings. The van der Waals surface area contributed by atoms with E-state index in [4.69, 9.17) is 23.7 Å². The van der Waals surface area contributed by atoms with Crippen LogP contribution < -0.4 is 0 Å². The summed E-state index contributed by atoms with van der Waals surface area (Å²) in [5.74, 6) is 0.533. The summed E-state index contributed by atoms with van der Waals surface area (Å²) in [5.41, 5.74) is 1.07. The van der Waals surface area contributed by atoms with Crippen LogP contribution in [-0.2, 0) is 28.5 Å². The molecule has 0 N–H and O–H groups in total. The maximum absolute atomic E-state index is 12.2. The molecule has 1 saturated carbocycles. The quantitative estimate of drug-likeness (QED) is 0.540. The molecule has 4 rings (SSSR count). The molecular formula is C15H20O6. The fourth-order valence-corrected chi connectivity index (χ4v) is 2.78. The largest absolute Gasteiger partial charge is 0.462 e. The third-order valence-electron chi connectivity index (χ3n) is 4.25. The van der Waals surface area contributed by atoms with Gasteiger partial charge in [-0.05, 0) is 24.8 Å². The Bertz CT molecular complexity index is 451. The predicted octanol–water partition coefficient (Wildman–Crippen LogP) is 1.14. The molecule has 0 aromatic rings. The fourth-order valence-electron chi connectivity index (χ4n) is 2.78. The van der Waals surface area contributed by atoms with Crippen LogP contribution in [-0.4, -0.2) is 50.9 Å². The van der Waals surface area contributed by atoms with Crippen LogP contribution in [0.5, 0.6) is 0 Å². The first-order chi connectivity index (χ1) is 10.3. The van der Waals surface area contributed by atoms with E-state index in [1.807, 2.05) is 0 Å². The highest BCUT2D eigenvalue weighted by Gasteiger charge is 2.43. The Kier molecular flexibility index (Phi) is 3.61. The van der Waals surface area contributed by atoms with Gasteiger partial charge in [-0.15, -0.1) is 0 Å². The number of ether oxygens (including phenoxy) is 5. The van der Waals surface area contributed by atoms with Crippen LogP contribution in [0.3, 0.4) is 0 Å². The van der Waals surface area contributed by atoms with E-state index in [9.17, 15) is 4.79 Å². The Morgan fingerprint density at radius 2 is 1.90 bits per heavy atom. The molecule has 0 bridgehead atoms. The number of esters is 1. The van der Waals surface area contributed by atoms with Crippen LogP contribution in [0.1, 0.15) is 25.7 Å². The average Bonchev–Trinajstić information content (AvgIpc) is 3.39. The zero-order valence-electron chi connectivity index (χ0n) is 11.9. The molecule has 0 aromatic carbocycles. The van der Waals surface area contributed by atoms with Crippen molar-refractivity contribution in [2.75, 3.05) is 26.4 Å². The van der Waals surface area contributed by atoms with E-state index in [-0.39, 0.29) is 30.4 Å². The number of rotatable bonds is 6. The Morgan fingerprint density at radius 3 is 2.67 bits per heavy atom. The molecule has 6 heteroatoms. The first-order valence-electron chi connectivity index (χ1n) is 7.72. The van der Waals surface area contributed by atoms with E-state index in [0.717, 1.165) is 43.6 Å². The second-order valence-electron chi connectivity index (χ2n) is 6.01. The molecule has 0 spiro atoms. The molecule has 3 heterocycles. The van der Waals surface area contributed by atoms with E-state index >= 15 is 0 Å². The highest BCUT2D eigenvalue weighted by atomic mass is 16.8. The highest BCUT2D eigenvalue weighted by Crippen LogP contribution is 2.41. The minimum atomic E-state index is -0.274. The van der Waals surface area contributed by atoms with Gasteiger partial charge in [0.25, 0.3) is 6.29 Å². The van der Waals surface area contributed by atoms with Gasteiger partial charge >= 0.3 is 5.97 Å². The average molecular weight is 296 g/mol. The van der Waals surface area contributed by atoms with Crippen LogP contribution >= 0.6 is 0 Å². The molecular weight excluding hydrogens is 276 g/mol. The molecule has 4 unspecified atom stereocenters. The van der Waals surface area contributed by atoms with Gasteiger partial charge in [-0.3, -0.25) is 4.79 Å². The van der Waals surface area contributed by atoms with Crippen molar-refractivity contribution in [2.24, 2.45) is 5.92 Å². The van der Waals surface area contributed by atoms with Gasteiger partial charge in [0, 0.05) is 0 Å². The lowest BCUT2D eigenvalue weighted by atomic mass is 9.84. The summed E-state index contributed by atoms with van der Waals surface area (Å²) in [7, 11) is 0. The standard InChI is InChI=1S/C15H20O6/c16-14(19-7-9-5-17-9)12-4-2-1-3-11(12)13-15(21-13)20-8-10-6-18-10/h9-10,12,15H,1-8H2/b13-11+. The Balaban J connectivity index is 1.35. The van der Waals surface area contributed by atoms with Gasteiger partial charge in [0.15, 0.2) is 5.76 Å². The van der Waals surface area contributed by atoms with Crippen molar-refractivity contribution in [3.8, 4) is 0 Å². The lowest BCUT2D eigenvalue weighted by molar-refractivity contribution is -0.148. The van der Waals surface area contributed by atoms with Crippen molar-refractivity contribution in [1.82, 2.24) is 0 Å². The van der Waals surface area contributed by atoms with E-state index in [1.54, 1.807) is 0 Å². The van der Waals surface area contributed by atoms with E-state index in [1.165, 1.54) is 0 Å². The maximum Gasteiger partial charge on any atom is 0.313 e. The van der Waals surface area contributed by atoms with Gasteiger partial charge in [0.1, 0.15) is 18.8 Å². The van der Waals surface area contributed by atoms with Crippen molar-refractivity contribution >= 4 is 5.97 Å². The monoisotopic (exact) mass is 296 g/mol. The fraction of sp³-hybridized carbons (Fsp3) is 0.800. The van der Waals surface area contributed by atoms with Gasteiger partial charge in [-0.2, -0.15) is 0 Å². The van der Waals surface area contributed by atoms with Gasteiger partial charge < -0.3 is 23.7 Å². The molecule has 4 aliphatic rings. The molecule has 6 nitrogen and oxygen atoms in total. The molecule has 1 aliphatic carbocycles. The summed E-state index contributed by atoms with van der Waals surface area (Å²) in [4.78, 5) is 12.2. The normalized spacial score (nSPS) is 40.4. The topological polar surface area (TPSA) is 73.1 Å². The number of carbonyl (C=O) groups is 1. The Labute approximate surface area is 123 Å². The maximum atomic E-state index is 12.2. The van der Waals surface area contributed by atoms with Crippen molar-refractivity contribution in [2.45, 2.75) is 44.2 Å². The zero-order chi connectivity index (χ0) is 14.2. The molecule has 116 valence electrons. The molecule has 4 atom stereocenters. The van der Waals surface area contributed by atoms with Crippen LogP contribution in [0.4, 0.5) is 0 Å². The van der Waals surface area contributed by atoms with Crippen LogP contribution in [0.25, 0.3) is 0 Å². The van der Waals surface area contributed by atoms with Crippen molar-refractivity contribution in [1.29, 1.82) is 0 Å². The molecule has 0 amide bonds. The molecule has 0 radical (unpaired) electrons. The van der Waals surface area contributed by atoms with E-state index < -0.39 is 0 Å². The summed E-state index contributed by atoms with van der Waals surface area (Å²) in [5, 5.41) is 0. The summed E-state index contributed by atoms with van der Waals surface area (Å²) in [6.07, 6.45) is 3.95. The third-order valence-corrected chi connectivity index (χ3v) is 4.25. The number of hydrogen-bond donors (Lipinski definition) is 0. The van der Waals surface area contributed by atoms with Gasteiger partial charge in [0.2, 0.25) is 0 Å². The third kappa shape index (κ3) is 3.39. The summed E-state index contributed by atoms with van der Waals surface area (Å²) in [6.45, 7) is 2.41. The van der Waals surface area contributed by atoms with E-state index in [2.05, 4.69) is 0 Å². The van der Waals surface area contributed by atoms with Crippen LogP contribution in [0.2, 0.25) is 0 Å². The molecule has 3 aliphatic heterocycles. The molecule has 3 saturated heterocycles. The molecule has 0 aromatic heterocycles. The number of hydrogen-bond acceptors (Lipinski definition) is 6. The lowest BCUT2D eigenvalue weighted by Crippen LogP contribution is -2.24. The predicted molar refractivity (Wildman–Crippen MR) is 70.2 cm³/mol. The van der Waals surface area contributed by atoms with Crippen molar-refractivity contribution in [3.05, 3.63) is 11.3 Å². The van der Waals surface area contributed by atoms with Gasteiger partial charge in [0.05, 0.1) is 25.7 Å². The Morgan fingerprint density at radius 1 is 1.14 bits per heavy atom. The first-order valence-corrected chi connectivity index (χ1v) is 7.72. The highest BCUT2D eigenvalue weighted by molar-refractivity contribution is 5.76. The Hall–Kier alpha value is -1.11. The second kappa shape index (κ2) is 5.59. The lowest BCUT2D eigenvalue weighted by Gasteiger charge is -2.22. The van der Waals surface area contributed by atoms with Crippen LogP contribution in [0.15, 0.2) is 11.3 Å². The second-order valence-corrected chi connectivity index (χ2v) is 6.01. The summed E-state index contributed by atoms with van der Waals surface area (Å²) in [6, 6.07) is 0. The number of carbonyl (C=O) groups excluding carboxylic acids is 1. The van der Waals surface area contributed by atoms with Crippen molar-refractivity contribution < 1.29 is 28.5 Å². The van der Waals surface area contributed by atoms with Gasteiger partial charge in [-0.1, -0.05) is 6.42 Å². The SMILES string of the molecule is O=C(OCC1CO1)C1CCCC/C1=C1\OC1OCC1CO1. The number of epoxide rings is 3. The first kappa shape index (κ1) is 13.5. The zero-order valence-corrected chi connectivity index (χ0v) is 11.9. The summed E-state index contributed by atoms with van der Waals surface area (Å²) < 4.78 is 26.6. The van der Waals surface area contributed by atoms with Gasteiger partial charge in [-0.25, -0.2) is 0 Å². The van der Waals surface area contributed by atoms with Crippen molar-refractivity contribution in [3.63, 3.8) is 0 Å². The molecule has 21 heavy (non-hydrogen) atoms. The minimum Gasteiger partial charge on any atom is -0.462 e. The smallest absolute Gasteiger partial charge is 0.313 e. The van der Waals surface area contributed by atoms with E-state index in [0.29, 0.717) is 19.8 Å². The van der Waals surface area contributed by atoms with Crippen LogP contribution in [0, 0.1) is 5.92 Å². The minimum absolute atomic E-state index is 0.112.